The molecule has 0 unspecified atom stereocenters. The van der Waals surface area contributed by atoms with E-state index in [1.807, 2.05) is 0 Å². The quantitative estimate of drug-likeness (QED) is 0.724. The predicted octanol–water partition coefficient (Wildman–Crippen LogP) is 1.75. The van der Waals surface area contributed by atoms with Gasteiger partial charge in [0.2, 0.25) is 0 Å². The molecule has 3 N–H and O–H groups in total. The van der Waals surface area contributed by atoms with E-state index in [0.717, 1.165) is 32.5 Å². The summed E-state index contributed by atoms with van der Waals surface area (Å²) >= 11 is 0. The number of likely N-dealkylation sites (tertiary alicyclic amines) is 1. The first-order valence-corrected chi connectivity index (χ1v) is 8.07. The fourth-order valence-corrected chi connectivity index (χ4v) is 3.55. The van der Waals surface area contributed by atoms with Crippen LogP contribution in [-0.2, 0) is 0 Å². The standard InChI is InChI=1S/C11H23NO.C5H11NO/c1-10(2)6-5-7-11(3,4)12(10)8-9-13;7-5-1-3-6-4-2-5/h13H,5-9H2,1-4H3;5-7H,1-4H2. The van der Waals surface area contributed by atoms with Crippen molar-refractivity contribution in [1.29, 1.82) is 0 Å². The van der Waals surface area contributed by atoms with E-state index in [-0.39, 0.29) is 23.8 Å². The maximum atomic E-state index is 9.04. The number of rotatable bonds is 2. The lowest BCUT2D eigenvalue weighted by Crippen LogP contribution is -2.59. The van der Waals surface area contributed by atoms with Crippen molar-refractivity contribution < 1.29 is 10.2 Å². The van der Waals surface area contributed by atoms with Gasteiger partial charge < -0.3 is 15.5 Å². The lowest BCUT2D eigenvalue weighted by atomic mass is 9.80. The molecule has 0 aliphatic carbocycles. The summed E-state index contributed by atoms with van der Waals surface area (Å²) in [6.45, 7) is 12.2. The second-order valence-electron chi connectivity index (χ2n) is 7.33. The molecule has 2 fully saturated rings. The van der Waals surface area contributed by atoms with Crippen LogP contribution in [-0.4, -0.2) is 58.5 Å². The highest BCUT2D eigenvalue weighted by atomic mass is 16.3. The van der Waals surface area contributed by atoms with Gasteiger partial charge in [0.25, 0.3) is 0 Å². The Morgan fingerprint density at radius 3 is 1.90 bits per heavy atom. The Balaban J connectivity index is 0.000000240. The van der Waals surface area contributed by atoms with Gasteiger partial charge in [0.1, 0.15) is 0 Å². The molecule has 2 saturated heterocycles. The summed E-state index contributed by atoms with van der Waals surface area (Å²) in [6.07, 6.45) is 5.63. The van der Waals surface area contributed by atoms with Crippen molar-refractivity contribution in [3.63, 3.8) is 0 Å². The summed E-state index contributed by atoms with van der Waals surface area (Å²) in [5.74, 6) is 0. The molecule has 0 saturated carbocycles. The molecule has 0 aromatic heterocycles. The van der Waals surface area contributed by atoms with E-state index >= 15 is 0 Å². The van der Waals surface area contributed by atoms with Crippen LogP contribution in [0.4, 0.5) is 0 Å². The van der Waals surface area contributed by atoms with Crippen LogP contribution in [0.25, 0.3) is 0 Å². The largest absolute Gasteiger partial charge is 0.395 e. The van der Waals surface area contributed by atoms with Crippen molar-refractivity contribution in [1.82, 2.24) is 10.2 Å². The topological polar surface area (TPSA) is 55.7 Å². The Labute approximate surface area is 124 Å². The van der Waals surface area contributed by atoms with Gasteiger partial charge in [-0.1, -0.05) is 0 Å². The van der Waals surface area contributed by atoms with Gasteiger partial charge in [-0.25, -0.2) is 0 Å². The monoisotopic (exact) mass is 286 g/mol. The zero-order valence-corrected chi connectivity index (χ0v) is 13.8. The molecule has 0 atom stereocenters. The Kier molecular flexibility index (Phi) is 6.92. The molecule has 120 valence electrons. The smallest absolute Gasteiger partial charge is 0.0564 e. The highest BCUT2D eigenvalue weighted by Crippen LogP contribution is 2.37. The Bertz CT molecular complexity index is 258. The normalized spacial score (nSPS) is 26.7. The second-order valence-corrected chi connectivity index (χ2v) is 7.33. The first-order chi connectivity index (χ1) is 9.29. The molecule has 0 radical (unpaired) electrons. The van der Waals surface area contributed by atoms with Crippen molar-refractivity contribution in [2.45, 2.75) is 77.0 Å². The van der Waals surface area contributed by atoms with Crippen molar-refractivity contribution in [2.24, 2.45) is 0 Å². The SMILES string of the molecule is CC1(C)CCCC(C)(C)N1CCO.OC1CCNCC1. The molecular weight excluding hydrogens is 252 g/mol. The van der Waals surface area contributed by atoms with E-state index in [4.69, 9.17) is 10.2 Å². The maximum Gasteiger partial charge on any atom is 0.0564 e. The molecule has 0 aromatic carbocycles. The van der Waals surface area contributed by atoms with Crippen LogP contribution in [0.15, 0.2) is 0 Å². The molecule has 0 aromatic rings. The fraction of sp³-hybridized carbons (Fsp3) is 1.00. The van der Waals surface area contributed by atoms with Crippen LogP contribution < -0.4 is 5.32 Å². The Hall–Kier alpha value is -0.160. The van der Waals surface area contributed by atoms with Crippen LogP contribution in [0.3, 0.4) is 0 Å². The van der Waals surface area contributed by atoms with Gasteiger partial charge in [0, 0.05) is 17.6 Å². The zero-order valence-electron chi connectivity index (χ0n) is 13.8. The molecule has 2 heterocycles. The fourth-order valence-electron chi connectivity index (χ4n) is 3.55. The number of hydrogen-bond donors (Lipinski definition) is 3. The number of nitrogens with zero attached hydrogens (tertiary/aromatic N) is 1. The van der Waals surface area contributed by atoms with Crippen LogP contribution >= 0.6 is 0 Å². The Morgan fingerprint density at radius 2 is 1.55 bits per heavy atom. The molecule has 0 bridgehead atoms. The van der Waals surface area contributed by atoms with Gasteiger partial charge in [0.15, 0.2) is 0 Å². The average Bonchev–Trinajstić information content (AvgIpc) is 2.35. The molecule has 20 heavy (non-hydrogen) atoms. The summed E-state index contributed by atoms with van der Waals surface area (Å²) in [5, 5.41) is 21.1. The van der Waals surface area contributed by atoms with Gasteiger partial charge >= 0.3 is 0 Å². The molecule has 0 amide bonds. The summed E-state index contributed by atoms with van der Waals surface area (Å²) in [6, 6.07) is 0. The van der Waals surface area contributed by atoms with Crippen molar-refractivity contribution >= 4 is 0 Å². The second kappa shape index (κ2) is 7.74. The lowest BCUT2D eigenvalue weighted by molar-refractivity contribution is -0.0361. The number of aliphatic hydroxyl groups is 2. The molecule has 2 aliphatic heterocycles. The molecule has 2 rings (SSSR count). The average molecular weight is 286 g/mol. The lowest BCUT2D eigenvalue weighted by Gasteiger charge is -2.52. The number of piperidine rings is 2. The number of nitrogens with one attached hydrogen (secondary N) is 1. The molecular formula is C16H34N2O2. The summed E-state index contributed by atoms with van der Waals surface area (Å²) in [5.41, 5.74) is 0.509. The van der Waals surface area contributed by atoms with Crippen LogP contribution in [0, 0.1) is 0 Å². The van der Waals surface area contributed by atoms with Crippen molar-refractivity contribution in [3.8, 4) is 0 Å². The summed E-state index contributed by atoms with van der Waals surface area (Å²) in [4.78, 5) is 2.45. The predicted molar refractivity (Wildman–Crippen MR) is 83.9 cm³/mol. The van der Waals surface area contributed by atoms with Gasteiger partial charge in [0.05, 0.1) is 12.7 Å². The van der Waals surface area contributed by atoms with E-state index in [1.165, 1.54) is 19.3 Å². The van der Waals surface area contributed by atoms with Crippen LogP contribution in [0.1, 0.15) is 59.8 Å². The minimum Gasteiger partial charge on any atom is -0.395 e. The van der Waals surface area contributed by atoms with Crippen molar-refractivity contribution in [3.05, 3.63) is 0 Å². The van der Waals surface area contributed by atoms with Crippen LogP contribution in [0.5, 0.6) is 0 Å². The number of aliphatic hydroxyl groups excluding tert-OH is 2. The van der Waals surface area contributed by atoms with Gasteiger partial charge in [-0.05, 0) is 72.9 Å². The molecule has 4 heteroatoms. The van der Waals surface area contributed by atoms with Crippen molar-refractivity contribution in [2.75, 3.05) is 26.2 Å². The van der Waals surface area contributed by atoms with E-state index in [1.54, 1.807) is 0 Å². The van der Waals surface area contributed by atoms with Gasteiger partial charge in [-0.2, -0.15) is 0 Å². The van der Waals surface area contributed by atoms with E-state index in [2.05, 4.69) is 37.9 Å². The zero-order chi connectivity index (χ0) is 15.2. The highest BCUT2D eigenvalue weighted by Gasteiger charge is 2.40. The number of β-amino-alcohol motifs (C(OH)–C–C–N with tert-alkyl or cyclic N) is 1. The van der Waals surface area contributed by atoms with Gasteiger partial charge in [-0.15, -0.1) is 0 Å². The third-order valence-corrected chi connectivity index (χ3v) is 4.67. The van der Waals surface area contributed by atoms with E-state index < -0.39 is 0 Å². The number of hydrogen-bond acceptors (Lipinski definition) is 4. The third-order valence-electron chi connectivity index (χ3n) is 4.67. The summed E-state index contributed by atoms with van der Waals surface area (Å²) < 4.78 is 0. The minimum atomic E-state index is -0.0266. The molecule has 4 nitrogen and oxygen atoms in total. The first kappa shape index (κ1) is 17.9. The van der Waals surface area contributed by atoms with Crippen LogP contribution in [0.2, 0.25) is 0 Å². The maximum absolute atomic E-state index is 9.04. The minimum absolute atomic E-state index is 0.0266. The van der Waals surface area contributed by atoms with Gasteiger partial charge in [-0.3, -0.25) is 4.90 Å². The first-order valence-electron chi connectivity index (χ1n) is 8.07. The summed E-state index contributed by atoms with van der Waals surface area (Å²) in [7, 11) is 0. The molecule has 0 spiro atoms. The Morgan fingerprint density at radius 1 is 1.05 bits per heavy atom. The highest BCUT2D eigenvalue weighted by molar-refractivity contribution is 4.96. The van der Waals surface area contributed by atoms with E-state index in [9.17, 15) is 0 Å². The molecule has 2 aliphatic rings. The van der Waals surface area contributed by atoms with E-state index in [0.29, 0.717) is 0 Å². The third kappa shape index (κ3) is 5.32.